The molecule has 0 aromatic heterocycles. The molecule has 2 rings (SSSR count). The third-order valence-corrected chi connectivity index (χ3v) is 3.09. The van der Waals surface area contributed by atoms with Gasteiger partial charge in [-0.3, -0.25) is 0 Å². The highest BCUT2D eigenvalue weighted by Crippen LogP contribution is 2.29. The average Bonchev–Trinajstić information content (AvgIpc) is 2.58. The third-order valence-electron chi connectivity index (χ3n) is 2.36. The van der Waals surface area contributed by atoms with Crippen LogP contribution in [0.2, 0.25) is 0 Å². The predicted octanol–water partition coefficient (Wildman–Crippen LogP) is 1.74. The van der Waals surface area contributed by atoms with Crippen molar-refractivity contribution in [2.45, 2.75) is 17.4 Å². The van der Waals surface area contributed by atoms with Gasteiger partial charge in [0.2, 0.25) is 0 Å². The van der Waals surface area contributed by atoms with Gasteiger partial charge in [-0.25, -0.2) is 0 Å². The minimum Gasteiger partial charge on any atom is -0.394 e. The molecule has 0 unspecified atom stereocenters. The van der Waals surface area contributed by atoms with E-state index in [-0.39, 0.29) is 12.6 Å². The second-order valence-corrected chi connectivity index (χ2v) is 4.13. The van der Waals surface area contributed by atoms with Gasteiger partial charge in [0.05, 0.1) is 12.6 Å². The number of hydrogen-bond donors (Lipinski definition) is 2. The van der Waals surface area contributed by atoms with Crippen molar-refractivity contribution in [1.29, 1.82) is 0 Å². The normalized spacial score (nSPS) is 19.7. The van der Waals surface area contributed by atoms with Crippen LogP contribution in [0.15, 0.2) is 23.1 Å². The molecular weight excluding hydrogens is 182 g/mol. The van der Waals surface area contributed by atoms with Gasteiger partial charge in [-0.15, -0.1) is 11.8 Å². The van der Waals surface area contributed by atoms with Crippen molar-refractivity contribution in [2.75, 3.05) is 18.2 Å². The molecule has 1 aromatic carbocycles. The fourth-order valence-electron chi connectivity index (χ4n) is 1.64. The van der Waals surface area contributed by atoms with Crippen molar-refractivity contribution >= 4 is 17.4 Å². The summed E-state index contributed by atoms with van der Waals surface area (Å²) in [6, 6.07) is 6.64. The zero-order chi connectivity index (χ0) is 9.26. The van der Waals surface area contributed by atoms with E-state index in [1.165, 1.54) is 16.1 Å². The lowest BCUT2D eigenvalue weighted by Gasteiger charge is -2.05. The second kappa shape index (κ2) is 3.60. The summed E-state index contributed by atoms with van der Waals surface area (Å²) in [5.41, 5.74) is 2.50. The Morgan fingerprint density at radius 3 is 3.15 bits per heavy atom. The summed E-state index contributed by atoms with van der Waals surface area (Å²) in [6.07, 6.45) is 3.01. The molecule has 0 radical (unpaired) electrons. The highest BCUT2D eigenvalue weighted by atomic mass is 32.2. The van der Waals surface area contributed by atoms with E-state index < -0.39 is 0 Å². The molecule has 0 bridgehead atoms. The van der Waals surface area contributed by atoms with E-state index in [2.05, 4.69) is 29.8 Å². The Morgan fingerprint density at radius 1 is 1.62 bits per heavy atom. The standard InChI is InChI=1S/C10H13NOS/c1-13-9-3-2-7-4-8(6-12)11-10(7)5-9/h2-3,5,8,11-12H,4,6H2,1H3/t8-/m1/s1. The number of anilines is 1. The fraction of sp³-hybridized carbons (Fsp3) is 0.400. The van der Waals surface area contributed by atoms with Gasteiger partial charge >= 0.3 is 0 Å². The van der Waals surface area contributed by atoms with Gasteiger partial charge in [0, 0.05) is 10.6 Å². The molecule has 1 aliphatic heterocycles. The van der Waals surface area contributed by atoms with Crippen LogP contribution in [0.1, 0.15) is 5.56 Å². The minimum absolute atomic E-state index is 0.212. The van der Waals surface area contributed by atoms with E-state index in [9.17, 15) is 0 Å². The molecule has 0 spiro atoms. The second-order valence-electron chi connectivity index (χ2n) is 3.25. The summed E-state index contributed by atoms with van der Waals surface area (Å²) in [4.78, 5) is 1.27. The lowest BCUT2D eigenvalue weighted by Crippen LogP contribution is -2.19. The van der Waals surface area contributed by atoms with Crippen molar-refractivity contribution in [3.05, 3.63) is 23.8 Å². The van der Waals surface area contributed by atoms with Crippen LogP contribution < -0.4 is 5.32 Å². The monoisotopic (exact) mass is 195 g/mol. The SMILES string of the molecule is CSc1ccc2c(c1)N[C@@H](CO)C2. The van der Waals surface area contributed by atoms with E-state index >= 15 is 0 Å². The van der Waals surface area contributed by atoms with Gasteiger partial charge < -0.3 is 10.4 Å². The van der Waals surface area contributed by atoms with Crippen LogP contribution in [-0.4, -0.2) is 24.0 Å². The Hall–Kier alpha value is -0.670. The van der Waals surface area contributed by atoms with Gasteiger partial charge in [0.1, 0.15) is 0 Å². The van der Waals surface area contributed by atoms with Gasteiger partial charge in [0.15, 0.2) is 0 Å². The quantitative estimate of drug-likeness (QED) is 0.705. The molecule has 0 aliphatic carbocycles. The summed E-state index contributed by atoms with van der Waals surface area (Å²) < 4.78 is 0. The summed E-state index contributed by atoms with van der Waals surface area (Å²) >= 11 is 1.74. The topological polar surface area (TPSA) is 32.3 Å². The maximum atomic E-state index is 9.00. The lowest BCUT2D eigenvalue weighted by atomic mass is 10.1. The molecule has 70 valence electrons. The van der Waals surface area contributed by atoms with Crippen molar-refractivity contribution in [1.82, 2.24) is 0 Å². The first-order valence-electron chi connectivity index (χ1n) is 4.38. The first-order valence-corrected chi connectivity index (χ1v) is 5.60. The Morgan fingerprint density at radius 2 is 2.46 bits per heavy atom. The van der Waals surface area contributed by atoms with Crippen LogP contribution in [0, 0.1) is 0 Å². The predicted molar refractivity (Wildman–Crippen MR) is 56.4 cm³/mol. The first kappa shape index (κ1) is 8.91. The van der Waals surface area contributed by atoms with Gasteiger partial charge in [-0.2, -0.15) is 0 Å². The van der Waals surface area contributed by atoms with Crippen molar-refractivity contribution in [2.24, 2.45) is 0 Å². The van der Waals surface area contributed by atoms with E-state index in [1.54, 1.807) is 11.8 Å². The molecule has 1 atom stereocenters. The van der Waals surface area contributed by atoms with Crippen molar-refractivity contribution < 1.29 is 5.11 Å². The van der Waals surface area contributed by atoms with Crippen LogP contribution >= 0.6 is 11.8 Å². The summed E-state index contributed by atoms with van der Waals surface area (Å²) in [6.45, 7) is 0.212. The molecule has 13 heavy (non-hydrogen) atoms. The Balaban J connectivity index is 2.25. The number of hydrogen-bond acceptors (Lipinski definition) is 3. The van der Waals surface area contributed by atoms with E-state index in [0.717, 1.165) is 6.42 Å². The van der Waals surface area contributed by atoms with Gasteiger partial charge in [0.25, 0.3) is 0 Å². The van der Waals surface area contributed by atoms with E-state index in [4.69, 9.17) is 5.11 Å². The van der Waals surface area contributed by atoms with Crippen LogP contribution in [0.25, 0.3) is 0 Å². The largest absolute Gasteiger partial charge is 0.394 e. The summed E-state index contributed by atoms with van der Waals surface area (Å²) in [5.74, 6) is 0. The maximum absolute atomic E-state index is 9.00. The summed E-state index contributed by atoms with van der Waals surface area (Å²) in [7, 11) is 0. The van der Waals surface area contributed by atoms with Gasteiger partial charge in [-0.1, -0.05) is 6.07 Å². The molecule has 1 aromatic rings. The number of aliphatic hydroxyl groups is 1. The highest BCUT2D eigenvalue weighted by molar-refractivity contribution is 7.98. The van der Waals surface area contributed by atoms with Gasteiger partial charge in [-0.05, 0) is 30.4 Å². The lowest BCUT2D eigenvalue weighted by molar-refractivity contribution is 0.277. The minimum atomic E-state index is 0.212. The maximum Gasteiger partial charge on any atom is 0.0636 e. The zero-order valence-corrected chi connectivity index (χ0v) is 8.40. The zero-order valence-electron chi connectivity index (χ0n) is 7.58. The van der Waals surface area contributed by atoms with Crippen LogP contribution in [-0.2, 0) is 6.42 Å². The molecular formula is C10H13NOS. The Bertz CT molecular complexity index is 314. The number of thioether (sulfide) groups is 1. The molecule has 2 nitrogen and oxygen atoms in total. The number of rotatable bonds is 2. The Kier molecular flexibility index (Phi) is 2.47. The molecule has 0 amide bonds. The molecule has 2 N–H and O–H groups in total. The summed E-state index contributed by atoms with van der Waals surface area (Å²) in [5, 5.41) is 12.3. The van der Waals surface area contributed by atoms with Crippen LogP contribution in [0.3, 0.4) is 0 Å². The molecule has 1 heterocycles. The number of aliphatic hydroxyl groups excluding tert-OH is 1. The van der Waals surface area contributed by atoms with E-state index in [0.29, 0.717) is 0 Å². The number of benzene rings is 1. The smallest absolute Gasteiger partial charge is 0.0636 e. The van der Waals surface area contributed by atoms with Crippen molar-refractivity contribution in [3.8, 4) is 0 Å². The highest BCUT2D eigenvalue weighted by Gasteiger charge is 2.19. The van der Waals surface area contributed by atoms with Crippen LogP contribution in [0.5, 0.6) is 0 Å². The van der Waals surface area contributed by atoms with Crippen molar-refractivity contribution in [3.63, 3.8) is 0 Å². The average molecular weight is 195 g/mol. The Labute approximate surface area is 82.4 Å². The number of nitrogens with one attached hydrogen (secondary N) is 1. The molecule has 1 aliphatic rings. The third kappa shape index (κ3) is 1.67. The molecule has 3 heteroatoms. The fourth-order valence-corrected chi connectivity index (χ4v) is 2.08. The van der Waals surface area contributed by atoms with Crippen LogP contribution in [0.4, 0.5) is 5.69 Å². The number of fused-ring (bicyclic) bond motifs is 1. The first-order chi connectivity index (χ1) is 6.33. The molecule has 0 fully saturated rings. The molecule has 0 saturated carbocycles. The molecule has 0 saturated heterocycles. The van der Waals surface area contributed by atoms with E-state index in [1.807, 2.05) is 0 Å².